The van der Waals surface area contributed by atoms with Crippen LogP contribution in [0, 0.1) is 6.92 Å². The van der Waals surface area contributed by atoms with Crippen molar-refractivity contribution in [1.29, 1.82) is 0 Å². The lowest BCUT2D eigenvalue weighted by Crippen LogP contribution is -2.30. The van der Waals surface area contributed by atoms with E-state index in [1.807, 2.05) is 6.92 Å². The van der Waals surface area contributed by atoms with Crippen LogP contribution in [-0.4, -0.2) is 29.9 Å². The third-order valence-electron chi connectivity index (χ3n) is 3.65. The van der Waals surface area contributed by atoms with Crippen molar-refractivity contribution in [3.05, 3.63) is 65.5 Å². The predicted molar refractivity (Wildman–Crippen MR) is 93.7 cm³/mol. The predicted octanol–water partition coefficient (Wildman–Crippen LogP) is 2.26. The average Bonchev–Trinajstić information content (AvgIpc) is 2.61. The van der Waals surface area contributed by atoms with E-state index >= 15 is 0 Å². The summed E-state index contributed by atoms with van der Waals surface area (Å²) >= 11 is 0. The summed E-state index contributed by atoms with van der Waals surface area (Å²) in [6.45, 7) is 3.12. The second-order valence-electron chi connectivity index (χ2n) is 5.69. The number of aromatic nitrogens is 1. The van der Waals surface area contributed by atoms with Crippen LogP contribution < -0.4 is 10.6 Å². The highest BCUT2D eigenvalue weighted by Gasteiger charge is 2.04. The van der Waals surface area contributed by atoms with E-state index in [9.17, 15) is 9.59 Å². The Kier molecular flexibility index (Phi) is 6.95. The molecule has 0 radical (unpaired) electrons. The second kappa shape index (κ2) is 9.45. The van der Waals surface area contributed by atoms with Gasteiger partial charge in [0.2, 0.25) is 5.91 Å². The summed E-state index contributed by atoms with van der Waals surface area (Å²) in [5.74, 6) is -0.108. The zero-order valence-electron chi connectivity index (χ0n) is 13.9. The third kappa shape index (κ3) is 6.20. The Morgan fingerprint density at radius 2 is 1.79 bits per heavy atom. The summed E-state index contributed by atoms with van der Waals surface area (Å²) < 4.78 is 0. The van der Waals surface area contributed by atoms with E-state index in [0.717, 1.165) is 6.42 Å². The molecule has 2 amide bonds. The monoisotopic (exact) mass is 325 g/mol. The van der Waals surface area contributed by atoms with Gasteiger partial charge in [0.15, 0.2) is 0 Å². The van der Waals surface area contributed by atoms with Gasteiger partial charge in [-0.15, -0.1) is 0 Å². The minimum Gasteiger partial charge on any atom is -0.356 e. The van der Waals surface area contributed by atoms with Crippen LogP contribution in [0.5, 0.6) is 0 Å². The standard InChI is InChI=1S/C19H23N3O2/c1-15-5-7-16(8-6-15)9-10-18(23)21-12-3-13-22-19(24)17-4-2-11-20-14-17/h2,4-8,11,14H,3,9-10,12-13H2,1H3,(H,21,23)(H,22,24). The summed E-state index contributed by atoms with van der Waals surface area (Å²) in [5.41, 5.74) is 2.93. The first kappa shape index (κ1) is 17.7. The van der Waals surface area contributed by atoms with Crippen LogP contribution in [0.25, 0.3) is 0 Å². The van der Waals surface area contributed by atoms with Crippen molar-refractivity contribution in [3.63, 3.8) is 0 Å². The molecular weight excluding hydrogens is 302 g/mol. The van der Waals surface area contributed by atoms with Gasteiger partial charge in [0.1, 0.15) is 0 Å². The van der Waals surface area contributed by atoms with Gasteiger partial charge in [0.05, 0.1) is 5.56 Å². The van der Waals surface area contributed by atoms with Crippen molar-refractivity contribution in [2.45, 2.75) is 26.2 Å². The summed E-state index contributed by atoms with van der Waals surface area (Å²) in [4.78, 5) is 27.5. The summed E-state index contributed by atoms with van der Waals surface area (Å²) in [6.07, 6.45) is 5.07. The molecule has 1 heterocycles. The third-order valence-corrected chi connectivity index (χ3v) is 3.65. The van der Waals surface area contributed by atoms with Crippen LogP contribution >= 0.6 is 0 Å². The van der Waals surface area contributed by atoms with Crippen LogP contribution in [0.15, 0.2) is 48.8 Å². The van der Waals surface area contributed by atoms with E-state index in [2.05, 4.69) is 39.9 Å². The molecule has 1 aromatic carbocycles. The molecule has 0 unspecified atom stereocenters. The number of hydrogen-bond donors (Lipinski definition) is 2. The smallest absolute Gasteiger partial charge is 0.252 e. The molecule has 0 aliphatic heterocycles. The number of rotatable bonds is 8. The molecule has 1 aromatic heterocycles. The Morgan fingerprint density at radius 3 is 2.50 bits per heavy atom. The Hall–Kier alpha value is -2.69. The fourth-order valence-corrected chi connectivity index (χ4v) is 2.22. The van der Waals surface area contributed by atoms with E-state index in [1.165, 1.54) is 17.3 Å². The topological polar surface area (TPSA) is 71.1 Å². The molecule has 0 saturated heterocycles. The van der Waals surface area contributed by atoms with Gasteiger partial charge in [-0.05, 0) is 37.5 Å². The van der Waals surface area contributed by atoms with Gasteiger partial charge in [0, 0.05) is 31.9 Å². The van der Waals surface area contributed by atoms with Crippen LogP contribution in [-0.2, 0) is 11.2 Å². The zero-order valence-corrected chi connectivity index (χ0v) is 13.9. The van der Waals surface area contributed by atoms with Crippen molar-refractivity contribution in [3.8, 4) is 0 Å². The first-order valence-corrected chi connectivity index (χ1v) is 8.15. The number of carbonyl (C=O) groups is 2. The number of amides is 2. The lowest BCUT2D eigenvalue weighted by molar-refractivity contribution is -0.121. The highest BCUT2D eigenvalue weighted by Crippen LogP contribution is 2.05. The van der Waals surface area contributed by atoms with Crippen LogP contribution in [0.2, 0.25) is 0 Å². The zero-order chi connectivity index (χ0) is 17.2. The van der Waals surface area contributed by atoms with E-state index in [-0.39, 0.29) is 11.8 Å². The molecule has 5 heteroatoms. The molecule has 24 heavy (non-hydrogen) atoms. The lowest BCUT2D eigenvalue weighted by atomic mass is 10.1. The highest BCUT2D eigenvalue weighted by molar-refractivity contribution is 5.93. The molecule has 0 aliphatic carbocycles. The molecule has 0 bridgehead atoms. The van der Waals surface area contributed by atoms with Crippen LogP contribution in [0.4, 0.5) is 0 Å². The van der Waals surface area contributed by atoms with E-state index < -0.39 is 0 Å². The molecule has 0 atom stereocenters. The molecular formula is C19H23N3O2. The van der Waals surface area contributed by atoms with Gasteiger partial charge in [0.25, 0.3) is 5.91 Å². The quantitative estimate of drug-likeness (QED) is 0.731. The number of nitrogens with zero attached hydrogens (tertiary/aromatic N) is 1. The second-order valence-corrected chi connectivity index (χ2v) is 5.69. The van der Waals surface area contributed by atoms with Crippen molar-refractivity contribution in [1.82, 2.24) is 15.6 Å². The molecule has 0 aliphatic rings. The van der Waals surface area contributed by atoms with Gasteiger partial charge in [-0.3, -0.25) is 14.6 Å². The first-order chi connectivity index (χ1) is 11.6. The number of carbonyl (C=O) groups excluding carboxylic acids is 2. The maximum atomic E-state index is 11.8. The molecule has 0 fully saturated rings. The Morgan fingerprint density at radius 1 is 1.04 bits per heavy atom. The molecule has 5 nitrogen and oxygen atoms in total. The van der Waals surface area contributed by atoms with Crippen molar-refractivity contribution in [2.75, 3.05) is 13.1 Å². The van der Waals surface area contributed by atoms with Crippen LogP contribution in [0.1, 0.15) is 34.3 Å². The number of hydrogen-bond acceptors (Lipinski definition) is 3. The van der Waals surface area contributed by atoms with E-state index in [1.54, 1.807) is 18.3 Å². The van der Waals surface area contributed by atoms with Gasteiger partial charge in [-0.25, -0.2) is 0 Å². The van der Waals surface area contributed by atoms with E-state index in [4.69, 9.17) is 0 Å². The molecule has 126 valence electrons. The highest BCUT2D eigenvalue weighted by atomic mass is 16.2. The normalized spacial score (nSPS) is 10.2. The largest absolute Gasteiger partial charge is 0.356 e. The molecule has 0 saturated carbocycles. The molecule has 2 aromatic rings. The molecule has 2 N–H and O–H groups in total. The first-order valence-electron chi connectivity index (χ1n) is 8.15. The maximum Gasteiger partial charge on any atom is 0.252 e. The molecule has 0 spiro atoms. The minimum absolute atomic E-state index is 0.0363. The summed E-state index contributed by atoms with van der Waals surface area (Å²) in [7, 11) is 0. The van der Waals surface area contributed by atoms with Gasteiger partial charge in [-0.1, -0.05) is 29.8 Å². The minimum atomic E-state index is -0.145. The van der Waals surface area contributed by atoms with Crippen molar-refractivity contribution < 1.29 is 9.59 Å². The lowest BCUT2D eigenvalue weighted by Gasteiger charge is -2.07. The van der Waals surface area contributed by atoms with Crippen molar-refractivity contribution in [2.24, 2.45) is 0 Å². The van der Waals surface area contributed by atoms with E-state index in [0.29, 0.717) is 31.5 Å². The Labute approximate surface area is 142 Å². The average molecular weight is 325 g/mol. The number of benzene rings is 1. The van der Waals surface area contributed by atoms with Crippen molar-refractivity contribution >= 4 is 11.8 Å². The number of nitrogens with one attached hydrogen (secondary N) is 2. The maximum absolute atomic E-state index is 11.8. The SMILES string of the molecule is Cc1ccc(CCC(=O)NCCCNC(=O)c2cccnc2)cc1. The Bertz CT molecular complexity index is 654. The van der Waals surface area contributed by atoms with Gasteiger partial charge in [-0.2, -0.15) is 0 Å². The Balaban J connectivity index is 1.56. The number of aryl methyl sites for hydroxylation is 2. The summed E-state index contributed by atoms with van der Waals surface area (Å²) in [6, 6.07) is 11.7. The fourth-order valence-electron chi connectivity index (χ4n) is 2.22. The van der Waals surface area contributed by atoms with Crippen LogP contribution in [0.3, 0.4) is 0 Å². The summed E-state index contributed by atoms with van der Waals surface area (Å²) in [5, 5.41) is 5.68. The number of pyridine rings is 1. The van der Waals surface area contributed by atoms with Gasteiger partial charge >= 0.3 is 0 Å². The fraction of sp³-hybridized carbons (Fsp3) is 0.316. The van der Waals surface area contributed by atoms with Gasteiger partial charge < -0.3 is 10.6 Å². The molecule has 2 rings (SSSR count).